The van der Waals surface area contributed by atoms with E-state index in [0.717, 1.165) is 13.0 Å². The summed E-state index contributed by atoms with van der Waals surface area (Å²) in [6.45, 7) is 4.91. The van der Waals surface area contributed by atoms with Crippen LogP contribution in [0.2, 0.25) is 0 Å². The number of hydrogen-bond acceptors (Lipinski definition) is 8. The minimum atomic E-state index is -3.73. The van der Waals surface area contributed by atoms with Crippen molar-refractivity contribution >= 4 is 32.7 Å². The van der Waals surface area contributed by atoms with Crippen LogP contribution in [0.1, 0.15) is 25.7 Å². The highest BCUT2D eigenvalue weighted by molar-refractivity contribution is 14.1. The van der Waals surface area contributed by atoms with E-state index in [0.29, 0.717) is 52.9 Å². The van der Waals surface area contributed by atoms with Crippen LogP contribution in [0.25, 0.3) is 0 Å². The predicted molar refractivity (Wildman–Crippen MR) is 131 cm³/mol. The Kier molecular flexibility index (Phi) is 19.7. The lowest BCUT2D eigenvalue weighted by Crippen LogP contribution is -2.15. The monoisotopic (exact) mass is 588 g/mol. The van der Waals surface area contributed by atoms with Crippen molar-refractivity contribution in [3.63, 3.8) is 0 Å². The van der Waals surface area contributed by atoms with Gasteiger partial charge in [0.15, 0.2) is 0 Å². The van der Waals surface area contributed by atoms with Crippen molar-refractivity contribution in [3.8, 4) is 0 Å². The first-order valence-electron chi connectivity index (χ1n) is 11.1. The molecule has 0 atom stereocenters. The molecule has 0 aliphatic rings. The van der Waals surface area contributed by atoms with Gasteiger partial charge in [-0.1, -0.05) is 53.6 Å². The Labute approximate surface area is 206 Å². The normalized spacial score (nSPS) is 11.8. The van der Waals surface area contributed by atoms with Crippen LogP contribution in [0.5, 0.6) is 0 Å². The van der Waals surface area contributed by atoms with Gasteiger partial charge in [-0.15, -0.1) is 0 Å². The summed E-state index contributed by atoms with van der Waals surface area (Å²) in [5, 5.41) is 0. The first kappa shape index (κ1) is 29.7. The summed E-state index contributed by atoms with van der Waals surface area (Å²) in [4.78, 5) is 0.134. The van der Waals surface area contributed by atoms with Crippen LogP contribution in [0.3, 0.4) is 0 Å². The average molecular weight is 589 g/mol. The lowest BCUT2D eigenvalue weighted by molar-refractivity contribution is -0.0127. The summed E-state index contributed by atoms with van der Waals surface area (Å²) in [5.41, 5.74) is 0. The minimum absolute atomic E-state index is 0.0376. The second-order valence-electron chi connectivity index (χ2n) is 6.75. The maximum Gasteiger partial charge on any atom is 0.297 e. The van der Waals surface area contributed by atoms with Crippen molar-refractivity contribution in [2.75, 3.05) is 77.1 Å². The topological polar surface area (TPSA) is 89.5 Å². The molecule has 0 bridgehead atoms. The maximum atomic E-state index is 11.9. The van der Waals surface area contributed by atoms with Crippen LogP contribution in [0.15, 0.2) is 35.2 Å². The molecule has 32 heavy (non-hydrogen) atoms. The quantitative estimate of drug-likeness (QED) is 0.0832. The highest BCUT2D eigenvalue weighted by Gasteiger charge is 2.13. The molecule has 0 N–H and O–H groups in total. The van der Waals surface area contributed by atoms with E-state index >= 15 is 0 Å². The van der Waals surface area contributed by atoms with E-state index in [-0.39, 0.29) is 18.1 Å². The van der Waals surface area contributed by atoms with Crippen LogP contribution < -0.4 is 0 Å². The van der Waals surface area contributed by atoms with E-state index in [4.69, 9.17) is 27.9 Å². The van der Waals surface area contributed by atoms with Crippen LogP contribution in [0, 0.1) is 0 Å². The number of alkyl halides is 1. The summed E-state index contributed by atoms with van der Waals surface area (Å²) in [6.07, 6.45) is 4.93. The number of rotatable bonds is 23. The Morgan fingerprint density at radius 1 is 0.562 bits per heavy atom. The molecule has 0 saturated heterocycles. The highest BCUT2D eigenvalue weighted by atomic mass is 127. The van der Waals surface area contributed by atoms with E-state index in [9.17, 15) is 8.42 Å². The molecule has 1 aromatic rings. The van der Waals surface area contributed by atoms with Crippen LogP contribution in [-0.2, 0) is 38.0 Å². The van der Waals surface area contributed by atoms with Gasteiger partial charge in [-0.3, -0.25) is 4.18 Å². The van der Waals surface area contributed by atoms with Gasteiger partial charge in [0.05, 0.1) is 71.0 Å². The molecule has 186 valence electrons. The fourth-order valence-corrected chi connectivity index (χ4v) is 3.95. The second-order valence-corrected chi connectivity index (χ2v) is 9.45. The lowest BCUT2D eigenvalue weighted by atomic mass is 10.2. The molecule has 0 radical (unpaired) electrons. The summed E-state index contributed by atoms with van der Waals surface area (Å²) in [5.74, 6) is 0. The second kappa shape index (κ2) is 21.2. The number of unbranched alkanes of at least 4 members (excludes halogenated alkanes) is 3. The molecule has 10 heteroatoms. The van der Waals surface area contributed by atoms with Crippen LogP contribution in [0.4, 0.5) is 0 Å². The molecule has 1 rings (SSSR count). The Hall–Kier alpha value is -0.340. The van der Waals surface area contributed by atoms with Gasteiger partial charge >= 0.3 is 0 Å². The smallest absolute Gasteiger partial charge is 0.297 e. The molecule has 0 aromatic heterocycles. The standard InChI is InChI=1S/C22H37IO8S/c23-10-6-1-2-7-11-26-12-13-27-14-15-28-16-17-29-18-19-30-20-21-31-32(24,25)22-8-4-3-5-9-22/h3-5,8-9H,1-2,6-7,10-21H2. The number of halogens is 1. The van der Waals surface area contributed by atoms with Gasteiger partial charge in [-0.2, -0.15) is 8.42 Å². The molecule has 0 fully saturated rings. The van der Waals surface area contributed by atoms with Crippen LogP contribution >= 0.6 is 22.6 Å². The van der Waals surface area contributed by atoms with Crippen molar-refractivity contribution in [2.24, 2.45) is 0 Å². The first-order valence-corrected chi connectivity index (χ1v) is 14.0. The van der Waals surface area contributed by atoms with Crippen molar-refractivity contribution in [2.45, 2.75) is 30.6 Å². The number of benzene rings is 1. The molecule has 8 nitrogen and oxygen atoms in total. The molecule has 0 unspecified atom stereocenters. The summed E-state index contributed by atoms with van der Waals surface area (Å²) < 4.78 is 57.0. The molecule has 0 heterocycles. The molecule has 0 spiro atoms. The molecule has 0 aliphatic heterocycles. The Bertz CT molecular complexity index is 630. The van der Waals surface area contributed by atoms with E-state index in [1.807, 2.05) is 0 Å². The molecule has 0 amide bonds. The Morgan fingerprint density at radius 2 is 1.00 bits per heavy atom. The highest BCUT2D eigenvalue weighted by Crippen LogP contribution is 2.10. The molecule has 1 aromatic carbocycles. The van der Waals surface area contributed by atoms with Gasteiger partial charge in [-0.25, -0.2) is 0 Å². The molecular weight excluding hydrogens is 551 g/mol. The zero-order valence-corrected chi connectivity index (χ0v) is 21.7. The number of hydrogen-bond donors (Lipinski definition) is 0. The predicted octanol–water partition coefficient (Wildman–Crippen LogP) is 3.47. The van der Waals surface area contributed by atoms with Crippen molar-refractivity contribution in [3.05, 3.63) is 30.3 Å². The van der Waals surface area contributed by atoms with Crippen molar-refractivity contribution < 1.29 is 36.3 Å². The van der Waals surface area contributed by atoms with Gasteiger partial charge in [0.2, 0.25) is 0 Å². The fraction of sp³-hybridized carbons (Fsp3) is 0.727. The summed E-state index contributed by atoms with van der Waals surface area (Å²) in [7, 11) is -3.73. The maximum absolute atomic E-state index is 11.9. The van der Waals surface area contributed by atoms with Crippen molar-refractivity contribution in [1.29, 1.82) is 0 Å². The average Bonchev–Trinajstić information content (AvgIpc) is 2.80. The van der Waals surface area contributed by atoms with E-state index < -0.39 is 10.1 Å². The summed E-state index contributed by atoms with van der Waals surface area (Å²) in [6, 6.07) is 8.02. The van der Waals surface area contributed by atoms with E-state index in [2.05, 4.69) is 22.6 Å². The van der Waals surface area contributed by atoms with Gasteiger partial charge in [0.25, 0.3) is 10.1 Å². The van der Waals surface area contributed by atoms with Gasteiger partial charge in [0, 0.05) is 6.61 Å². The molecular formula is C22H37IO8S. The fourth-order valence-electron chi connectivity index (χ4n) is 2.49. The zero-order valence-electron chi connectivity index (χ0n) is 18.8. The van der Waals surface area contributed by atoms with Crippen molar-refractivity contribution in [1.82, 2.24) is 0 Å². The minimum Gasteiger partial charge on any atom is -0.379 e. The molecule has 0 saturated carbocycles. The largest absolute Gasteiger partial charge is 0.379 e. The van der Waals surface area contributed by atoms with Gasteiger partial charge < -0.3 is 23.7 Å². The van der Waals surface area contributed by atoms with Crippen LogP contribution in [-0.4, -0.2) is 85.5 Å². The third-order valence-corrected chi connectivity index (χ3v) is 6.25. The Balaban J connectivity index is 1.76. The first-order chi connectivity index (χ1) is 15.7. The number of ether oxygens (including phenoxy) is 5. The lowest BCUT2D eigenvalue weighted by Gasteiger charge is -2.08. The zero-order chi connectivity index (χ0) is 23.2. The summed E-state index contributed by atoms with van der Waals surface area (Å²) >= 11 is 2.41. The third kappa shape index (κ3) is 17.2. The van der Waals surface area contributed by atoms with E-state index in [1.165, 1.54) is 35.8 Å². The third-order valence-electron chi connectivity index (χ3n) is 4.16. The van der Waals surface area contributed by atoms with E-state index in [1.54, 1.807) is 18.2 Å². The Morgan fingerprint density at radius 3 is 1.50 bits per heavy atom. The SMILES string of the molecule is O=S(=O)(OCCOCCOCCOCCOCCOCCCCCCI)c1ccccc1. The molecule has 0 aliphatic carbocycles. The van der Waals surface area contributed by atoms with Gasteiger partial charge in [0.1, 0.15) is 0 Å². The van der Waals surface area contributed by atoms with Gasteiger partial charge in [-0.05, 0) is 29.4 Å².